The van der Waals surface area contributed by atoms with Gasteiger partial charge in [-0.3, -0.25) is 4.79 Å². The van der Waals surface area contributed by atoms with E-state index in [4.69, 9.17) is 14.5 Å². The lowest BCUT2D eigenvalue weighted by Crippen LogP contribution is -2.38. The zero-order chi connectivity index (χ0) is 24.9. The standard InChI is InChI=1S/C26H34N4O4S/c1-5-21-23(25(32)34-4)24(17-8-6-10-20(14-17)33-3)30-19(16-35-26(30)28-21)15-22(31)27-12-11-18-9-7-13-29(18)2/h6,8,10,14,16,18,24H,5,7,9,11-13,15H2,1-4H3,(H,27,31)/t18-,24-/m1/s1. The van der Waals surface area contributed by atoms with Crippen LogP contribution in [0, 0.1) is 0 Å². The van der Waals surface area contributed by atoms with Crippen molar-refractivity contribution < 1.29 is 19.1 Å². The fourth-order valence-corrected chi connectivity index (χ4v) is 5.93. The second-order valence-electron chi connectivity index (χ2n) is 8.97. The summed E-state index contributed by atoms with van der Waals surface area (Å²) >= 11 is 1.48. The number of ether oxygens (including phenoxy) is 2. The summed E-state index contributed by atoms with van der Waals surface area (Å²) in [6.07, 6.45) is 4.16. The highest BCUT2D eigenvalue weighted by Gasteiger charge is 2.41. The van der Waals surface area contributed by atoms with E-state index >= 15 is 0 Å². The van der Waals surface area contributed by atoms with E-state index in [1.807, 2.05) is 41.5 Å². The molecule has 2 atom stereocenters. The Morgan fingerprint density at radius 2 is 2.11 bits per heavy atom. The van der Waals surface area contributed by atoms with Gasteiger partial charge in [-0.15, -0.1) is 0 Å². The summed E-state index contributed by atoms with van der Waals surface area (Å²) in [7, 11) is 5.15. The van der Waals surface area contributed by atoms with Gasteiger partial charge in [0.15, 0.2) is 5.17 Å². The number of hydrogen-bond donors (Lipinski definition) is 1. The van der Waals surface area contributed by atoms with Crippen molar-refractivity contribution in [1.29, 1.82) is 0 Å². The number of carbonyl (C=O) groups is 2. The normalized spacial score (nSPS) is 22.0. The Morgan fingerprint density at radius 3 is 2.80 bits per heavy atom. The van der Waals surface area contributed by atoms with E-state index in [2.05, 4.69) is 17.3 Å². The van der Waals surface area contributed by atoms with E-state index in [1.54, 1.807) is 7.11 Å². The van der Waals surface area contributed by atoms with Gasteiger partial charge in [0.2, 0.25) is 5.91 Å². The van der Waals surface area contributed by atoms with Gasteiger partial charge < -0.3 is 24.6 Å². The molecule has 3 aliphatic rings. The van der Waals surface area contributed by atoms with Crippen molar-refractivity contribution in [2.75, 3.05) is 34.4 Å². The predicted molar refractivity (Wildman–Crippen MR) is 138 cm³/mol. The highest BCUT2D eigenvalue weighted by Crippen LogP contribution is 2.45. The number of nitrogens with one attached hydrogen (secondary N) is 1. The van der Waals surface area contributed by atoms with E-state index in [0.29, 0.717) is 36.0 Å². The Hall–Kier alpha value is -2.78. The molecule has 0 spiro atoms. The van der Waals surface area contributed by atoms with Crippen LogP contribution in [0.25, 0.3) is 0 Å². The molecular weight excluding hydrogens is 464 g/mol. The van der Waals surface area contributed by atoms with Gasteiger partial charge in [0.25, 0.3) is 0 Å². The summed E-state index contributed by atoms with van der Waals surface area (Å²) in [5.74, 6) is 0.243. The maximum atomic E-state index is 13.0. The minimum Gasteiger partial charge on any atom is -0.497 e. The molecule has 9 heteroatoms. The number of fused-ring (bicyclic) bond motifs is 1. The highest BCUT2D eigenvalue weighted by atomic mass is 32.2. The Labute approximate surface area is 211 Å². The second-order valence-corrected chi connectivity index (χ2v) is 9.80. The number of nitrogens with zero attached hydrogens (tertiary/aromatic N) is 3. The van der Waals surface area contributed by atoms with Gasteiger partial charge in [-0.1, -0.05) is 30.8 Å². The van der Waals surface area contributed by atoms with Crippen LogP contribution in [0.4, 0.5) is 0 Å². The van der Waals surface area contributed by atoms with Crippen LogP contribution in [-0.4, -0.2) is 67.2 Å². The molecule has 1 amide bonds. The van der Waals surface area contributed by atoms with E-state index in [-0.39, 0.29) is 12.3 Å². The first-order valence-corrected chi connectivity index (χ1v) is 13.0. The van der Waals surface area contributed by atoms with Crippen molar-refractivity contribution in [2.45, 2.75) is 51.1 Å². The van der Waals surface area contributed by atoms with Crippen LogP contribution in [-0.2, 0) is 14.3 Å². The Kier molecular flexibility index (Phi) is 8.18. The molecule has 8 nitrogen and oxygen atoms in total. The molecule has 1 aromatic rings. The largest absolute Gasteiger partial charge is 0.497 e. The summed E-state index contributed by atoms with van der Waals surface area (Å²) in [5, 5.41) is 5.81. The molecular formula is C26H34N4O4S. The second kappa shape index (κ2) is 11.3. The molecule has 0 saturated carbocycles. The van der Waals surface area contributed by atoms with Gasteiger partial charge in [0.1, 0.15) is 5.75 Å². The van der Waals surface area contributed by atoms with Crippen molar-refractivity contribution >= 4 is 28.8 Å². The molecule has 0 aromatic heterocycles. The third-order valence-corrected chi connectivity index (χ3v) is 7.74. The van der Waals surface area contributed by atoms with Gasteiger partial charge in [-0.05, 0) is 62.4 Å². The third-order valence-electron chi connectivity index (χ3n) is 6.85. The lowest BCUT2D eigenvalue weighted by Gasteiger charge is -2.36. The van der Waals surface area contributed by atoms with Crippen LogP contribution in [0.3, 0.4) is 0 Å². The van der Waals surface area contributed by atoms with Crippen LogP contribution in [0.1, 0.15) is 50.6 Å². The topological polar surface area (TPSA) is 83.5 Å². The molecule has 3 heterocycles. The SMILES string of the molecule is CCC1=C(C(=O)OC)[C@@H](c2cccc(OC)c2)N2C(CC(=O)NCC[C@H]3CCCN3C)=CSC2=N1. The highest BCUT2D eigenvalue weighted by molar-refractivity contribution is 8.16. The molecule has 4 rings (SSSR count). The molecule has 0 bridgehead atoms. The lowest BCUT2D eigenvalue weighted by molar-refractivity contribution is -0.136. The molecule has 188 valence electrons. The first-order valence-electron chi connectivity index (χ1n) is 12.1. The molecule has 0 aliphatic carbocycles. The lowest BCUT2D eigenvalue weighted by atomic mass is 9.92. The minimum atomic E-state index is -0.457. The number of thioether (sulfide) groups is 1. The van der Waals surface area contributed by atoms with Gasteiger partial charge >= 0.3 is 5.97 Å². The zero-order valence-electron chi connectivity index (χ0n) is 20.9. The molecule has 1 aromatic carbocycles. The molecule has 35 heavy (non-hydrogen) atoms. The summed E-state index contributed by atoms with van der Waals surface area (Å²) in [6.45, 7) is 3.76. The summed E-state index contributed by atoms with van der Waals surface area (Å²) in [4.78, 5) is 35.0. The number of aliphatic imine (C=N–C) groups is 1. The summed E-state index contributed by atoms with van der Waals surface area (Å²) in [6, 6.07) is 7.73. The van der Waals surface area contributed by atoms with Crippen LogP contribution in [0.2, 0.25) is 0 Å². The van der Waals surface area contributed by atoms with Gasteiger partial charge in [0.05, 0.1) is 38.0 Å². The number of methoxy groups -OCH3 is 2. The molecule has 1 fully saturated rings. The monoisotopic (exact) mass is 498 g/mol. The van der Waals surface area contributed by atoms with Gasteiger partial charge in [0, 0.05) is 18.3 Å². The van der Waals surface area contributed by atoms with E-state index in [0.717, 1.165) is 29.4 Å². The summed E-state index contributed by atoms with van der Waals surface area (Å²) in [5.41, 5.74) is 2.88. The van der Waals surface area contributed by atoms with Gasteiger partial charge in [-0.2, -0.15) is 0 Å². The minimum absolute atomic E-state index is 0.0342. The zero-order valence-corrected chi connectivity index (χ0v) is 21.7. The van der Waals surface area contributed by atoms with Crippen LogP contribution < -0.4 is 10.1 Å². The third kappa shape index (κ3) is 5.41. The fraction of sp³-hybridized carbons (Fsp3) is 0.500. The van der Waals surface area contributed by atoms with Crippen LogP contribution in [0.5, 0.6) is 5.75 Å². The number of likely N-dealkylation sites (tertiary alicyclic amines) is 1. The first-order chi connectivity index (χ1) is 17.0. The average Bonchev–Trinajstić information content (AvgIpc) is 3.47. The van der Waals surface area contributed by atoms with Gasteiger partial charge in [-0.25, -0.2) is 9.79 Å². The fourth-order valence-electron chi connectivity index (χ4n) is 4.99. The van der Waals surface area contributed by atoms with E-state index in [1.165, 1.54) is 31.7 Å². The number of rotatable bonds is 9. The number of amides is 1. The smallest absolute Gasteiger partial charge is 0.338 e. The number of carbonyl (C=O) groups excluding carboxylic acids is 2. The first kappa shape index (κ1) is 25.3. The Balaban J connectivity index is 1.56. The number of amidine groups is 1. The number of allylic oxidation sites excluding steroid dienone is 1. The van der Waals surface area contributed by atoms with Crippen molar-refractivity contribution in [2.24, 2.45) is 4.99 Å². The summed E-state index contributed by atoms with van der Waals surface area (Å²) < 4.78 is 10.6. The van der Waals surface area contributed by atoms with Crippen molar-refractivity contribution in [3.8, 4) is 5.75 Å². The van der Waals surface area contributed by atoms with Crippen LogP contribution >= 0.6 is 11.8 Å². The number of benzene rings is 1. The van der Waals surface area contributed by atoms with Crippen molar-refractivity contribution in [3.05, 3.63) is 52.2 Å². The number of hydrogen-bond acceptors (Lipinski definition) is 8. The number of esters is 1. The average molecular weight is 499 g/mol. The quantitative estimate of drug-likeness (QED) is 0.518. The Morgan fingerprint density at radius 1 is 1.29 bits per heavy atom. The molecule has 1 saturated heterocycles. The van der Waals surface area contributed by atoms with Crippen LogP contribution in [0.15, 0.2) is 51.6 Å². The molecule has 0 unspecified atom stereocenters. The van der Waals surface area contributed by atoms with Crippen molar-refractivity contribution in [3.63, 3.8) is 0 Å². The van der Waals surface area contributed by atoms with E-state index < -0.39 is 12.0 Å². The molecule has 3 aliphatic heterocycles. The predicted octanol–water partition coefficient (Wildman–Crippen LogP) is 3.82. The Bertz CT molecular complexity index is 1070. The van der Waals surface area contributed by atoms with Crippen molar-refractivity contribution in [1.82, 2.24) is 15.1 Å². The molecule has 0 radical (unpaired) electrons. The maximum Gasteiger partial charge on any atom is 0.338 e. The van der Waals surface area contributed by atoms with E-state index in [9.17, 15) is 9.59 Å². The molecule has 1 N–H and O–H groups in total. The maximum absolute atomic E-state index is 13.0.